The van der Waals surface area contributed by atoms with Crippen molar-refractivity contribution in [2.75, 3.05) is 26.2 Å². The van der Waals surface area contributed by atoms with Gasteiger partial charge in [0.25, 0.3) is 0 Å². The third-order valence-electron chi connectivity index (χ3n) is 5.89. The maximum Gasteiger partial charge on any atom is 0.233 e. The highest BCUT2D eigenvalue weighted by atomic mass is 16.2. The summed E-state index contributed by atoms with van der Waals surface area (Å²) in [5.41, 5.74) is 2.71. The lowest BCUT2D eigenvalue weighted by Gasteiger charge is -2.27. The van der Waals surface area contributed by atoms with Crippen molar-refractivity contribution in [2.45, 2.75) is 31.2 Å². The van der Waals surface area contributed by atoms with Crippen molar-refractivity contribution in [1.82, 2.24) is 9.80 Å². The summed E-state index contributed by atoms with van der Waals surface area (Å²) in [6.07, 6.45) is 2.91. The molecular formula is C23H25N3O. The molecule has 138 valence electrons. The van der Waals surface area contributed by atoms with E-state index in [1.54, 1.807) is 0 Å². The lowest BCUT2D eigenvalue weighted by Crippen LogP contribution is -2.41. The van der Waals surface area contributed by atoms with Crippen LogP contribution in [0.4, 0.5) is 0 Å². The zero-order valence-electron chi connectivity index (χ0n) is 15.6. The number of nitrogens with zero attached hydrogens (tertiary/aromatic N) is 3. The van der Waals surface area contributed by atoms with Crippen molar-refractivity contribution >= 4 is 5.91 Å². The van der Waals surface area contributed by atoms with Crippen molar-refractivity contribution in [1.29, 1.82) is 5.26 Å². The van der Waals surface area contributed by atoms with Crippen LogP contribution >= 0.6 is 0 Å². The van der Waals surface area contributed by atoms with Gasteiger partial charge in [0.2, 0.25) is 5.91 Å². The molecule has 1 amide bonds. The Morgan fingerprint density at radius 3 is 2.44 bits per heavy atom. The molecule has 0 radical (unpaired) electrons. The molecular weight excluding hydrogens is 334 g/mol. The highest BCUT2D eigenvalue weighted by Crippen LogP contribution is 2.49. The molecule has 27 heavy (non-hydrogen) atoms. The number of benzene rings is 2. The first-order valence-electron chi connectivity index (χ1n) is 9.78. The van der Waals surface area contributed by atoms with Gasteiger partial charge in [0.15, 0.2) is 0 Å². The van der Waals surface area contributed by atoms with Gasteiger partial charge in [0.1, 0.15) is 0 Å². The average Bonchev–Trinajstić information content (AvgIpc) is 3.54. The Hall–Kier alpha value is -2.64. The maximum absolute atomic E-state index is 13.3. The SMILES string of the molecule is N#Cc1ccccc1CN1CCCN(C(=O)C2(c3ccccc3)CC2)CC1. The summed E-state index contributed by atoms with van der Waals surface area (Å²) in [5, 5.41) is 9.30. The smallest absolute Gasteiger partial charge is 0.233 e. The van der Waals surface area contributed by atoms with Crippen LogP contribution in [0.3, 0.4) is 0 Å². The lowest BCUT2D eigenvalue weighted by atomic mass is 9.94. The van der Waals surface area contributed by atoms with E-state index in [-0.39, 0.29) is 5.41 Å². The van der Waals surface area contributed by atoms with Crippen molar-refractivity contribution in [3.05, 3.63) is 71.3 Å². The highest BCUT2D eigenvalue weighted by molar-refractivity contribution is 5.91. The van der Waals surface area contributed by atoms with Gasteiger partial charge in [-0.2, -0.15) is 5.26 Å². The van der Waals surface area contributed by atoms with Crippen LogP contribution in [0.25, 0.3) is 0 Å². The van der Waals surface area contributed by atoms with Crippen molar-refractivity contribution in [2.24, 2.45) is 0 Å². The number of amides is 1. The summed E-state index contributed by atoms with van der Waals surface area (Å²) in [4.78, 5) is 17.7. The van der Waals surface area contributed by atoms with E-state index in [9.17, 15) is 10.1 Å². The first-order chi connectivity index (χ1) is 13.2. The third-order valence-corrected chi connectivity index (χ3v) is 5.89. The summed E-state index contributed by atoms with van der Waals surface area (Å²) < 4.78 is 0. The van der Waals surface area contributed by atoms with E-state index < -0.39 is 0 Å². The van der Waals surface area contributed by atoms with E-state index in [0.29, 0.717) is 5.91 Å². The molecule has 2 aromatic rings. The second kappa shape index (κ2) is 7.54. The van der Waals surface area contributed by atoms with Crippen LogP contribution in [0.15, 0.2) is 54.6 Å². The summed E-state index contributed by atoms with van der Waals surface area (Å²) in [6.45, 7) is 4.18. The monoisotopic (exact) mass is 359 g/mol. The summed E-state index contributed by atoms with van der Waals surface area (Å²) in [6, 6.07) is 20.3. The fraction of sp³-hybridized carbons (Fsp3) is 0.391. The molecule has 1 saturated carbocycles. The van der Waals surface area contributed by atoms with Crippen LogP contribution in [0.5, 0.6) is 0 Å². The van der Waals surface area contributed by atoms with Gasteiger partial charge in [-0.25, -0.2) is 0 Å². The Balaban J connectivity index is 1.42. The van der Waals surface area contributed by atoms with E-state index in [2.05, 4.69) is 28.0 Å². The molecule has 1 heterocycles. The highest BCUT2D eigenvalue weighted by Gasteiger charge is 2.52. The van der Waals surface area contributed by atoms with E-state index in [1.807, 2.05) is 42.5 Å². The zero-order valence-corrected chi connectivity index (χ0v) is 15.6. The number of hydrogen-bond donors (Lipinski definition) is 0. The molecule has 0 unspecified atom stereocenters. The van der Waals surface area contributed by atoms with E-state index in [1.165, 1.54) is 5.56 Å². The second-order valence-electron chi connectivity index (χ2n) is 7.64. The molecule has 1 saturated heterocycles. The minimum absolute atomic E-state index is 0.274. The molecule has 4 heteroatoms. The first-order valence-corrected chi connectivity index (χ1v) is 9.78. The number of carbonyl (C=O) groups is 1. The summed E-state index contributed by atoms with van der Waals surface area (Å²) in [7, 11) is 0. The third kappa shape index (κ3) is 3.61. The molecule has 2 aromatic carbocycles. The topological polar surface area (TPSA) is 47.3 Å². The van der Waals surface area contributed by atoms with Crippen molar-refractivity contribution in [3.63, 3.8) is 0 Å². The van der Waals surface area contributed by atoms with Gasteiger partial charge in [-0.05, 0) is 36.5 Å². The number of rotatable bonds is 4. The van der Waals surface area contributed by atoms with E-state index >= 15 is 0 Å². The van der Waals surface area contributed by atoms with Gasteiger partial charge < -0.3 is 4.90 Å². The molecule has 0 aromatic heterocycles. The van der Waals surface area contributed by atoms with Crippen molar-refractivity contribution < 1.29 is 4.79 Å². The van der Waals surface area contributed by atoms with Gasteiger partial charge in [0.05, 0.1) is 17.0 Å². The fourth-order valence-electron chi connectivity index (χ4n) is 4.15. The molecule has 2 fully saturated rings. The van der Waals surface area contributed by atoms with Gasteiger partial charge >= 0.3 is 0 Å². The van der Waals surface area contributed by atoms with E-state index in [0.717, 1.165) is 63.1 Å². The standard InChI is InChI=1S/C23H25N3O/c24-17-19-7-4-5-8-20(19)18-25-13-6-14-26(16-15-25)22(27)23(11-12-23)21-9-2-1-3-10-21/h1-5,7-10H,6,11-16,18H2. The van der Waals surface area contributed by atoms with E-state index in [4.69, 9.17) is 0 Å². The summed E-state index contributed by atoms with van der Waals surface area (Å²) >= 11 is 0. The van der Waals surface area contributed by atoms with Gasteiger partial charge in [-0.3, -0.25) is 9.69 Å². The maximum atomic E-state index is 13.3. The van der Waals surface area contributed by atoms with Crippen molar-refractivity contribution in [3.8, 4) is 6.07 Å². The Morgan fingerprint density at radius 1 is 0.963 bits per heavy atom. The number of carbonyl (C=O) groups excluding carboxylic acids is 1. The quantitative estimate of drug-likeness (QED) is 0.841. The normalized spacial score (nSPS) is 19.1. The molecule has 0 spiro atoms. The molecule has 0 bridgehead atoms. The minimum atomic E-state index is -0.274. The zero-order chi connectivity index (χ0) is 18.7. The van der Waals surface area contributed by atoms with Crippen LogP contribution < -0.4 is 0 Å². The Kier molecular flexibility index (Phi) is 4.96. The molecule has 0 atom stereocenters. The molecule has 0 N–H and O–H groups in total. The Morgan fingerprint density at radius 2 is 1.70 bits per heavy atom. The summed E-state index contributed by atoms with van der Waals surface area (Å²) in [5.74, 6) is 0.299. The molecule has 4 rings (SSSR count). The molecule has 1 aliphatic heterocycles. The predicted molar refractivity (Wildman–Crippen MR) is 105 cm³/mol. The predicted octanol–water partition coefficient (Wildman–Crippen LogP) is 3.32. The van der Waals surface area contributed by atoms with Crippen LogP contribution in [-0.4, -0.2) is 41.9 Å². The van der Waals surface area contributed by atoms with Crippen LogP contribution in [0.1, 0.15) is 36.0 Å². The molecule has 1 aliphatic carbocycles. The van der Waals surface area contributed by atoms with Gasteiger partial charge in [-0.15, -0.1) is 0 Å². The number of nitriles is 1. The molecule has 4 nitrogen and oxygen atoms in total. The Labute approximate surface area is 161 Å². The minimum Gasteiger partial charge on any atom is -0.341 e. The second-order valence-corrected chi connectivity index (χ2v) is 7.64. The van der Waals surface area contributed by atoms with Crippen LogP contribution in [-0.2, 0) is 16.8 Å². The Bertz CT molecular complexity index is 851. The van der Waals surface area contributed by atoms with Crippen LogP contribution in [0, 0.1) is 11.3 Å². The molecule has 2 aliphatic rings. The van der Waals surface area contributed by atoms with Gasteiger partial charge in [0, 0.05) is 32.7 Å². The first kappa shape index (κ1) is 17.8. The van der Waals surface area contributed by atoms with Gasteiger partial charge in [-0.1, -0.05) is 48.5 Å². The lowest BCUT2D eigenvalue weighted by molar-refractivity contribution is -0.133. The fourth-order valence-corrected chi connectivity index (χ4v) is 4.15. The van der Waals surface area contributed by atoms with Crippen LogP contribution in [0.2, 0.25) is 0 Å². The average molecular weight is 359 g/mol. The largest absolute Gasteiger partial charge is 0.341 e. The number of hydrogen-bond acceptors (Lipinski definition) is 3.